The van der Waals surface area contributed by atoms with Crippen LogP contribution in [0.2, 0.25) is 0 Å². The van der Waals surface area contributed by atoms with Crippen LogP contribution in [0.1, 0.15) is 31.0 Å². The number of hydrogen-bond donors (Lipinski definition) is 0. The molecule has 0 radical (unpaired) electrons. The summed E-state index contributed by atoms with van der Waals surface area (Å²) in [7, 11) is -0.0122. The molecular weight excluding hydrogens is 415 g/mol. The van der Waals surface area contributed by atoms with Crippen molar-refractivity contribution in [3.05, 3.63) is 72.3 Å². The predicted octanol–water partition coefficient (Wildman–Crippen LogP) is 4.26. The SMILES string of the molecule is CN(C)c1ncc(-c2ccc(F)cc2)c(C2CCCCN2S(=O)(=O)c2ccccc2)n1. The van der Waals surface area contributed by atoms with Gasteiger partial charge in [-0.25, -0.2) is 22.8 Å². The minimum atomic E-state index is -3.70. The molecule has 2 aromatic carbocycles. The maximum absolute atomic E-state index is 13.5. The van der Waals surface area contributed by atoms with Crippen LogP contribution >= 0.6 is 0 Å². The Morgan fingerprint density at radius 1 is 1.03 bits per heavy atom. The fraction of sp³-hybridized carbons (Fsp3) is 0.304. The third kappa shape index (κ3) is 4.31. The number of piperidine rings is 1. The van der Waals surface area contributed by atoms with Crippen molar-refractivity contribution in [1.82, 2.24) is 14.3 Å². The maximum Gasteiger partial charge on any atom is 0.243 e. The molecule has 4 rings (SSSR count). The second kappa shape index (κ2) is 8.72. The molecule has 0 saturated carbocycles. The average Bonchev–Trinajstić information content (AvgIpc) is 2.80. The van der Waals surface area contributed by atoms with Crippen molar-refractivity contribution in [1.29, 1.82) is 0 Å². The Morgan fingerprint density at radius 2 is 1.74 bits per heavy atom. The number of anilines is 1. The van der Waals surface area contributed by atoms with Crippen molar-refractivity contribution >= 4 is 16.0 Å². The van der Waals surface area contributed by atoms with Gasteiger partial charge < -0.3 is 4.90 Å². The predicted molar refractivity (Wildman–Crippen MR) is 119 cm³/mol. The van der Waals surface area contributed by atoms with Crippen LogP contribution in [0.5, 0.6) is 0 Å². The molecule has 1 saturated heterocycles. The molecule has 31 heavy (non-hydrogen) atoms. The summed E-state index contributed by atoms with van der Waals surface area (Å²) < 4.78 is 42.1. The van der Waals surface area contributed by atoms with E-state index in [0.717, 1.165) is 18.4 Å². The molecule has 1 atom stereocenters. The quantitative estimate of drug-likeness (QED) is 0.593. The fourth-order valence-electron chi connectivity index (χ4n) is 3.90. The Bertz CT molecular complexity index is 1150. The van der Waals surface area contributed by atoms with E-state index in [2.05, 4.69) is 4.98 Å². The van der Waals surface area contributed by atoms with Crippen molar-refractivity contribution < 1.29 is 12.8 Å². The molecule has 8 heteroatoms. The van der Waals surface area contributed by atoms with Crippen LogP contribution in [0, 0.1) is 5.82 Å². The standard InChI is InChI=1S/C23H25FN4O2S/c1-27(2)23-25-16-20(17-11-13-18(24)14-12-17)22(26-23)21-10-6-7-15-28(21)31(29,30)19-8-4-3-5-9-19/h3-5,8-9,11-14,16,21H,6-7,10,15H2,1-2H3. The van der Waals surface area contributed by atoms with E-state index in [1.54, 1.807) is 57.9 Å². The number of rotatable bonds is 5. The summed E-state index contributed by atoms with van der Waals surface area (Å²) in [6.07, 6.45) is 4.05. The van der Waals surface area contributed by atoms with E-state index in [1.165, 1.54) is 12.1 Å². The van der Waals surface area contributed by atoms with Gasteiger partial charge in [-0.15, -0.1) is 0 Å². The topological polar surface area (TPSA) is 66.4 Å². The van der Waals surface area contributed by atoms with E-state index in [-0.39, 0.29) is 10.7 Å². The van der Waals surface area contributed by atoms with Gasteiger partial charge in [-0.2, -0.15) is 4.31 Å². The zero-order chi connectivity index (χ0) is 22.0. The third-order valence-corrected chi connectivity index (χ3v) is 7.40. The Morgan fingerprint density at radius 3 is 2.42 bits per heavy atom. The summed E-state index contributed by atoms with van der Waals surface area (Å²) in [5.41, 5.74) is 2.11. The lowest BCUT2D eigenvalue weighted by Crippen LogP contribution is -2.39. The first kappa shape index (κ1) is 21.4. The summed E-state index contributed by atoms with van der Waals surface area (Å²) >= 11 is 0. The Hall–Kier alpha value is -2.84. The molecule has 1 unspecified atom stereocenters. The molecule has 1 fully saturated rings. The Labute approximate surface area is 182 Å². The highest BCUT2D eigenvalue weighted by Crippen LogP contribution is 2.39. The van der Waals surface area contributed by atoms with Crippen LogP contribution in [0.4, 0.5) is 10.3 Å². The number of benzene rings is 2. The molecule has 1 aromatic heterocycles. The van der Waals surface area contributed by atoms with E-state index in [4.69, 9.17) is 4.98 Å². The second-order valence-corrected chi connectivity index (χ2v) is 9.70. The van der Waals surface area contributed by atoms with Gasteiger partial charge >= 0.3 is 0 Å². The summed E-state index contributed by atoms with van der Waals surface area (Å²) in [5.74, 6) is 0.172. The lowest BCUT2D eigenvalue weighted by atomic mass is 9.95. The average molecular weight is 441 g/mol. The van der Waals surface area contributed by atoms with E-state index in [0.29, 0.717) is 30.2 Å². The van der Waals surface area contributed by atoms with Gasteiger partial charge in [0.15, 0.2) is 0 Å². The van der Waals surface area contributed by atoms with Crippen molar-refractivity contribution in [3.63, 3.8) is 0 Å². The molecule has 0 N–H and O–H groups in total. The van der Waals surface area contributed by atoms with Gasteiger partial charge in [-0.1, -0.05) is 36.8 Å². The van der Waals surface area contributed by atoms with E-state index >= 15 is 0 Å². The zero-order valence-corrected chi connectivity index (χ0v) is 18.4. The van der Waals surface area contributed by atoms with E-state index in [9.17, 15) is 12.8 Å². The van der Waals surface area contributed by atoms with Crippen molar-refractivity contribution in [2.75, 3.05) is 25.5 Å². The maximum atomic E-state index is 13.5. The summed E-state index contributed by atoms with van der Waals surface area (Å²) in [6.45, 7) is 0.423. The van der Waals surface area contributed by atoms with Crippen LogP contribution in [-0.2, 0) is 10.0 Å². The molecule has 1 aliphatic heterocycles. The molecule has 0 aliphatic carbocycles. The lowest BCUT2D eigenvalue weighted by Gasteiger charge is -2.35. The number of halogens is 1. The van der Waals surface area contributed by atoms with E-state index in [1.807, 2.05) is 14.1 Å². The molecule has 162 valence electrons. The molecule has 0 amide bonds. The highest BCUT2D eigenvalue weighted by molar-refractivity contribution is 7.89. The third-order valence-electron chi connectivity index (χ3n) is 5.48. The lowest BCUT2D eigenvalue weighted by molar-refractivity contribution is 0.252. The number of nitrogens with zero attached hydrogens (tertiary/aromatic N) is 4. The van der Waals surface area contributed by atoms with Gasteiger partial charge in [0.1, 0.15) is 5.82 Å². The van der Waals surface area contributed by atoms with Crippen molar-refractivity contribution in [2.24, 2.45) is 0 Å². The van der Waals surface area contributed by atoms with Gasteiger partial charge in [-0.3, -0.25) is 0 Å². The minimum absolute atomic E-state index is 0.270. The summed E-state index contributed by atoms with van der Waals surface area (Å²) in [5, 5.41) is 0. The largest absolute Gasteiger partial charge is 0.347 e. The fourth-order valence-corrected chi connectivity index (χ4v) is 5.58. The Balaban J connectivity index is 1.85. The van der Waals surface area contributed by atoms with Crippen LogP contribution in [0.3, 0.4) is 0 Å². The first-order valence-electron chi connectivity index (χ1n) is 10.2. The van der Waals surface area contributed by atoms with Crippen LogP contribution in [0.15, 0.2) is 65.7 Å². The van der Waals surface area contributed by atoms with Crippen LogP contribution in [0.25, 0.3) is 11.1 Å². The number of aromatic nitrogens is 2. The molecule has 0 bridgehead atoms. The first-order valence-corrected chi connectivity index (χ1v) is 11.7. The Kier molecular flexibility index (Phi) is 6.02. The molecular formula is C23H25FN4O2S. The van der Waals surface area contributed by atoms with Gasteiger partial charge in [0.05, 0.1) is 16.6 Å². The first-order chi connectivity index (χ1) is 14.9. The highest BCUT2D eigenvalue weighted by atomic mass is 32.2. The van der Waals surface area contributed by atoms with Crippen LogP contribution < -0.4 is 4.90 Å². The summed E-state index contributed by atoms with van der Waals surface area (Å²) in [4.78, 5) is 11.3. The normalized spacial score (nSPS) is 17.5. The van der Waals surface area contributed by atoms with Gasteiger partial charge in [0.25, 0.3) is 0 Å². The van der Waals surface area contributed by atoms with Gasteiger partial charge in [-0.05, 0) is 42.7 Å². The highest BCUT2D eigenvalue weighted by Gasteiger charge is 2.36. The zero-order valence-electron chi connectivity index (χ0n) is 17.6. The summed E-state index contributed by atoms with van der Waals surface area (Å²) in [6, 6.07) is 14.2. The second-order valence-electron chi connectivity index (χ2n) is 7.81. The molecule has 3 aromatic rings. The van der Waals surface area contributed by atoms with Gasteiger partial charge in [0.2, 0.25) is 16.0 Å². The van der Waals surface area contributed by atoms with Crippen molar-refractivity contribution in [3.8, 4) is 11.1 Å². The molecule has 2 heterocycles. The monoisotopic (exact) mass is 440 g/mol. The van der Waals surface area contributed by atoms with Gasteiger partial charge in [0, 0.05) is 32.4 Å². The number of hydrogen-bond acceptors (Lipinski definition) is 5. The molecule has 0 spiro atoms. The molecule has 1 aliphatic rings. The van der Waals surface area contributed by atoms with E-state index < -0.39 is 16.1 Å². The number of sulfonamides is 1. The minimum Gasteiger partial charge on any atom is -0.347 e. The van der Waals surface area contributed by atoms with Crippen molar-refractivity contribution in [2.45, 2.75) is 30.2 Å². The molecule has 6 nitrogen and oxygen atoms in total. The van der Waals surface area contributed by atoms with Crippen LogP contribution in [-0.4, -0.2) is 43.3 Å². The smallest absolute Gasteiger partial charge is 0.243 e.